The number of rotatable bonds is 9. The van der Waals surface area contributed by atoms with E-state index in [-0.39, 0.29) is 23.9 Å². The molecule has 0 aliphatic carbocycles. The normalized spacial score (nSPS) is 11.3. The van der Waals surface area contributed by atoms with E-state index in [2.05, 4.69) is 4.72 Å². The third-order valence-electron chi connectivity index (χ3n) is 5.13. The molecule has 1 amide bonds. The first-order valence-corrected chi connectivity index (χ1v) is 12.0. The van der Waals surface area contributed by atoms with Crippen LogP contribution in [0.1, 0.15) is 27.2 Å². The molecule has 0 radical (unpaired) electrons. The molecule has 0 unspecified atom stereocenters. The van der Waals surface area contributed by atoms with E-state index in [1.165, 1.54) is 12.1 Å². The molecule has 0 aliphatic heterocycles. The highest BCUT2D eigenvalue weighted by Crippen LogP contribution is 2.18. The van der Waals surface area contributed by atoms with Crippen LogP contribution in [0, 0.1) is 0 Å². The minimum atomic E-state index is -3.79. The molecule has 0 spiro atoms. The van der Waals surface area contributed by atoms with Crippen LogP contribution in [0.5, 0.6) is 0 Å². The first-order chi connectivity index (χ1) is 16.0. The van der Waals surface area contributed by atoms with Crippen molar-refractivity contribution in [1.29, 1.82) is 0 Å². The van der Waals surface area contributed by atoms with E-state index in [0.717, 1.165) is 11.1 Å². The Morgan fingerprint density at radius 3 is 2.15 bits per heavy atom. The fourth-order valence-electron chi connectivity index (χ4n) is 3.43. The summed E-state index contributed by atoms with van der Waals surface area (Å²) in [6.07, 6.45) is 1.56. The van der Waals surface area contributed by atoms with Gasteiger partial charge in [0, 0.05) is 18.7 Å². The maximum absolute atomic E-state index is 13.4. The van der Waals surface area contributed by atoms with Gasteiger partial charge in [-0.15, -0.1) is 0 Å². The molecule has 7 heteroatoms. The SMILES string of the molecule is O=C(c1cccc(S(=O)(=O)NCc2ccccc2)c1)N(Cc1ccccc1)Cc1ccco1. The van der Waals surface area contributed by atoms with Crippen LogP contribution in [0.15, 0.2) is 113 Å². The highest BCUT2D eigenvalue weighted by molar-refractivity contribution is 7.89. The van der Waals surface area contributed by atoms with E-state index in [9.17, 15) is 13.2 Å². The quantitative estimate of drug-likeness (QED) is 0.396. The largest absolute Gasteiger partial charge is 0.467 e. The van der Waals surface area contributed by atoms with Crippen LogP contribution in [-0.2, 0) is 29.7 Å². The molecule has 0 aliphatic rings. The Hall–Kier alpha value is -3.68. The molecule has 4 aromatic rings. The number of amides is 1. The molecule has 33 heavy (non-hydrogen) atoms. The monoisotopic (exact) mass is 460 g/mol. The Bertz CT molecular complexity index is 1290. The second-order valence-corrected chi connectivity index (χ2v) is 9.33. The van der Waals surface area contributed by atoms with Crippen LogP contribution >= 0.6 is 0 Å². The highest BCUT2D eigenvalue weighted by Gasteiger charge is 2.21. The lowest BCUT2D eigenvalue weighted by atomic mass is 10.1. The molecule has 1 N–H and O–H groups in total. The van der Waals surface area contributed by atoms with Crippen molar-refractivity contribution in [2.24, 2.45) is 0 Å². The van der Waals surface area contributed by atoms with E-state index in [4.69, 9.17) is 4.42 Å². The molecule has 4 rings (SSSR count). The minimum Gasteiger partial charge on any atom is -0.467 e. The van der Waals surface area contributed by atoms with Gasteiger partial charge in [0.05, 0.1) is 17.7 Å². The summed E-state index contributed by atoms with van der Waals surface area (Å²) < 4.78 is 33.7. The molecular weight excluding hydrogens is 436 g/mol. The second kappa shape index (κ2) is 10.3. The van der Waals surface area contributed by atoms with E-state index >= 15 is 0 Å². The zero-order valence-electron chi connectivity index (χ0n) is 17.9. The van der Waals surface area contributed by atoms with E-state index in [1.807, 2.05) is 60.7 Å². The third-order valence-corrected chi connectivity index (χ3v) is 6.53. The van der Waals surface area contributed by atoms with Crippen molar-refractivity contribution in [3.63, 3.8) is 0 Å². The molecule has 0 bridgehead atoms. The van der Waals surface area contributed by atoms with E-state index in [0.29, 0.717) is 17.9 Å². The number of nitrogens with one attached hydrogen (secondary N) is 1. The van der Waals surface area contributed by atoms with Gasteiger partial charge in [-0.1, -0.05) is 66.7 Å². The maximum Gasteiger partial charge on any atom is 0.254 e. The second-order valence-electron chi connectivity index (χ2n) is 7.56. The molecule has 168 valence electrons. The summed E-state index contributed by atoms with van der Waals surface area (Å²) in [4.78, 5) is 15.1. The molecule has 0 saturated carbocycles. The number of nitrogens with zero attached hydrogens (tertiary/aromatic N) is 1. The smallest absolute Gasteiger partial charge is 0.254 e. The number of hydrogen-bond acceptors (Lipinski definition) is 4. The van der Waals surface area contributed by atoms with Gasteiger partial charge >= 0.3 is 0 Å². The van der Waals surface area contributed by atoms with Crippen molar-refractivity contribution >= 4 is 15.9 Å². The lowest BCUT2D eigenvalue weighted by Crippen LogP contribution is -2.30. The number of benzene rings is 3. The number of sulfonamides is 1. The molecule has 0 saturated heterocycles. The minimum absolute atomic E-state index is 0.0435. The van der Waals surface area contributed by atoms with Crippen LogP contribution in [0.25, 0.3) is 0 Å². The lowest BCUT2D eigenvalue weighted by molar-refractivity contribution is 0.0717. The van der Waals surface area contributed by atoms with Gasteiger partial charge < -0.3 is 9.32 Å². The number of carbonyl (C=O) groups excluding carboxylic acids is 1. The molecule has 1 heterocycles. The summed E-state index contributed by atoms with van der Waals surface area (Å²) >= 11 is 0. The number of hydrogen-bond donors (Lipinski definition) is 1. The third kappa shape index (κ3) is 5.97. The lowest BCUT2D eigenvalue weighted by Gasteiger charge is -2.22. The fraction of sp³-hybridized carbons (Fsp3) is 0.115. The zero-order chi connectivity index (χ0) is 23.1. The van der Waals surface area contributed by atoms with E-state index in [1.54, 1.807) is 35.4 Å². The van der Waals surface area contributed by atoms with Crippen LogP contribution in [0.4, 0.5) is 0 Å². The van der Waals surface area contributed by atoms with Gasteiger partial charge in [0.25, 0.3) is 5.91 Å². The van der Waals surface area contributed by atoms with E-state index < -0.39 is 10.0 Å². The zero-order valence-corrected chi connectivity index (χ0v) is 18.7. The van der Waals surface area contributed by atoms with Crippen LogP contribution in [0.2, 0.25) is 0 Å². The summed E-state index contributed by atoms with van der Waals surface area (Å²) in [5.41, 5.74) is 2.10. The van der Waals surface area contributed by atoms with Crippen molar-refractivity contribution in [2.75, 3.05) is 0 Å². The molecule has 0 atom stereocenters. The Balaban J connectivity index is 1.55. The fourth-order valence-corrected chi connectivity index (χ4v) is 4.49. The summed E-state index contributed by atoms with van der Waals surface area (Å²) in [5.74, 6) is 0.364. The molecule has 0 fully saturated rings. The predicted molar refractivity (Wildman–Crippen MR) is 126 cm³/mol. The standard InChI is InChI=1S/C26H24N2O4S/c29-26(28(20-24-14-8-16-32-24)19-22-11-5-2-6-12-22)23-13-7-15-25(17-23)33(30,31)27-18-21-9-3-1-4-10-21/h1-17,27H,18-20H2. The summed E-state index contributed by atoms with van der Waals surface area (Å²) in [7, 11) is -3.79. The van der Waals surface area contributed by atoms with Gasteiger partial charge in [0.15, 0.2) is 0 Å². The summed E-state index contributed by atoms with van der Waals surface area (Å²) in [6.45, 7) is 0.799. The number of carbonyl (C=O) groups is 1. The number of furan rings is 1. The van der Waals surface area contributed by atoms with Gasteiger partial charge in [-0.05, 0) is 41.5 Å². The van der Waals surface area contributed by atoms with Crippen LogP contribution in [-0.4, -0.2) is 19.2 Å². The summed E-state index contributed by atoms with van der Waals surface area (Å²) in [5, 5.41) is 0. The Morgan fingerprint density at radius 2 is 1.48 bits per heavy atom. The van der Waals surface area contributed by atoms with Crippen molar-refractivity contribution < 1.29 is 17.6 Å². The molecule has 1 aromatic heterocycles. The van der Waals surface area contributed by atoms with Crippen molar-refractivity contribution in [2.45, 2.75) is 24.5 Å². The average molecular weight is 461 g/mol. The van der Waals surface area contributed by atoms with Gasteiger partial charge in [-0.3, -0.25) is 4.79 Å². The van der Waals surface area contributed by atoms with Gasteiger partial charge in [-0.25, -0.2) is 13.1 Å². The Labute approximate surface area is 193 Å². The van der Waals surface area contributed by atoms with Crippen molar-refractivity contribution in [3.8, 4) is 0 Å². The van der Waals surface area contributed by atoms with Crippen LogP contribution < -0.4 is 4.72 Å². The molecular formula is C26H24N2O4S. The molecule has 3 aromatic carbocycles. The van der Waals surface area contributed by atoms with Crippen molar-refractivity contribution in [1.82, 2.24) is 9.62 Å². The maximum atomic E-state index is 13.4. The first kappa shape index (κ1) is 22.5. The Kier molecular flexibility index (Phi) is 7.02. The highest BCUT2D eigenvalue weighted by atomic mass is 32.2. The first-order valence-electron chi connectivity index (χ1n) is 10.5. The van der Waals surface area contributed by atoms with Gasteiger partial charge in [0.1, 0.15) is 5.76 Å². The van der Waals surface area contributed by atoms with Gasteiger partial charge in [-0.2, -0.15) is 0 Å². The van der Waals surface area contributed by atoms with Crippen LogP contribution in [0.3, 0.4) is 0 Å². The summed E-state index contributed by atoms with van der Waals surface area (Å²) in [6, 6.07) is 28.6. The van der Waals surface area contributed by atoms with Crippen molar-refractivity contribution in [3.05, 3.63) is 126 Å². The Morgan fingerprint density at radius 1 is 0.788 bits per heavy atom. The predicted octanol–water partition coefficient (Wildman–Crippen LogP) is 4.60. The average Bonchev–Trinajstić information content (AvgIpc) is 3.37. The van der Waals surface area contributed by atoms with Gasteiger partial charge in [0.2, 0.25) is 10.0 Å². The topological polar surface area (TPSA) is 79.6 Å². The molecule has 6 nitrogen and oxygen atoms in total.